The van der Waals surface area contributed by atoms with Gasteiger partial charge in [0, 0.05) is 16.6 Å². The summed E-state index contributed by atoms with van der Waals surface area (Å²) in [5, 5.41) is 1.35. The lowest BCUT2D eigenvalue weighted by atomic mass is 9.94. The molecule has 3 rings (SSSR count). The molecule has 0 aliphatic carbocycles. The highest BCUT2D eigenvalue weighted by atomic mass is 16.5. The number of aryl methyl sites for hydroxylation is 1. The molecular weight excluding hydrogens is 320 g/mol. The summed E-state index contributed by atoms with van der Waals surface area (Å²) in [4.78, 5) is 3.76. The molecule has 0 saturated carbocycles. The van der Waals surface area contributed by atoms with Crippen LogP contribution in [0.15, 0.2) is 42.5 Å². The topological polar surface area (TPSA) is 51.0 Å². The van der Waals surface area contributed by atoms with Crippen LogP contribution in [0.25, 0.3) is 22.2 Å². The molecule has 1 unspecified atom stereocenters. The molecule has 3 N–H and O–H groups in total. The SMILES string of the molecule is CCC(C)c1cccc2c(CCCCN)c(-c3ccc(OC)cc3)[nH]c12. The molecule has 3 heteroatoms. The fraction of sp³-hybridized carbons (Fsp3) is 0.391. The van der Waals surface area contributed by atoms with Crippen molar-refractivity contribution in [3.63, 3.8) is 0 Å². The zero-order valence-electron chi connectivity index (χ0n) is 16.1. The number of nitrogens with one attached hydrogen (secondary N) is 1. The maximum atomic E-state index is 5.72. The summed E-state index contributed by atoms with van der Waals surface area (Å²) in [6.07, 6.45) is 4.35. The van der Waals surface area contributed by atoms with Crippen LogP contribution in [-0.2, 0) is 6.42 Å². The van der Waals surface area contributed by atoms with Gasteiger partial charge >= 0.3 is 0 Å². The molecule has 0 aliphatic heterocycles. The third-order valence-electron chi connectivity index (χ3n) is 5.38. The number of hydrogen-bond acceptors (Lipinski definition) is 2. The molecule has 0 fully saturated rings. The van der Waals surface area contributed by atoms with E-state index in [0.29, 0.717) is 5.92 Å². The zero-order chi connectivity index (χ0) is 18.5. The standard InChI is InChI=1S/C23H30N2O/c1-4-16(2)19-9-7-10-21-20(8-5-6-15-24)22(25-23(19)21)17-11-13-18(26-3)14-12-17/h7,9-14,16,25H,4-6,8,15,24H2,1-3H3. The second-order valence-electron chi connectivity index (χ2n) is 7.03. The fourth-order valence-corrected chi connectivity index (χ4v) is 3.64. The van der Waals surface area contributed by atoms with Crippen molar-refractivity contribution in [2.75, 3.05) is 13.7 Å². The van der Waals surface area contributed by atoms with Gasteiger partial charge in [-0.2, -0.15) is 0 Å². The Morgan fingerprint density at radius 3 is 2.50 bits per heavy atom. The maximum absolute atomic E-state index is 5.72. The zero-order valence-corrected chi connectivity index (χ0v) is 16.1. The molecule has 0 spiro atoms. The Hall–Kier alpha value is -2.26. The van der Waals surface area contributed by atoms with E-state index >= 15 is 0 Å². The molecule has 1 heterocycles. The Balaban J connectivity index is 2.13. The Morgan fingerprint density at radius 1 is 1.08 bits per heavy atom. The number of ether oxygens (including phenoxy) is 1. The number of fused-ring (bicyclic) bond motifs is 1. The van der Waals surface area contributed by atoms with Crippen LogP contribution in [0.1, 0.15) is 50.2 Å². The highest BCUT2D eigenvalue weighted by molar-refractivity contribution is 5.93. The summed E-state index contributed by atoms with van der Waals surface area (Å²) >= 11 is 0. The average Bonchev–Trinajstić information content (AvgIpc) is 3.06. The van der Waals surface area contributed by atoms with Crippen LogP contribution in [-0.4, -0.2) is 18.6 Å². The quantitative estimate of drug-likeness (QED) is 0.517. The molecule has 0 bridgehead atoms. The number of para-hydroxylation sites is 1. The Kier molecular flexibility index (Phi) is 6.00. The lowest BCUT2D eigenvalue weighted by molar-refractivity contribution is 0.415. The number of aromatic amines is 1. The first-order chi connectivity index (χ1) is 12.7. The molecule has 138 valence electrons. The van der Waals surface area contributed by atoms with E-state index in [-0.39, 0.29) is 0 Å². The van der Waals surface area contributed by atoms with Crippen molar-refractivity contribution >= 4 is 10.9 Å². The van der Waals surface area contributed by atoms with E-state index in [1.165, 1.54) is 33.3 Å². The van der Waals surface area contributed by atoms with E-state index in [1.807, 2.05) is 12.1 Å². The van der Waals surface area contributed by atoms with Gasteiger partial charge in [-0.05, 0) is 79.1 Å². The van der Waals surface area contributed by atoms with Gasteiger partial charge in [0.25, 0.3) is 0 Å². The largest absolute Gasteiger partial charge is 0.497 e. The smallest absolute Gasteiger partial charge is 0.118 e. The minimum atomic E-state index is 0.540. The van der Waals surface area contributed by atoms with Gasteiger partial charge in [-0.25, -0.2) is 0 Å². The first kappa shape index (κ1) is 18.5. The summed E-state index contributed by atoms with van der Waals surface area (Å²) < 4.78 is 5.31. The number of unbranched alkanes of at least 4 members (excludes halogenated alkanes) is 1. The maximum Gasteiger partial charge on any atom is 0.118 e. The molecule has 2 aromatic carbocycles. The monoisotopic (exact) mass is 350 g/mol. The Labute approximate surface area is 156 Å². The molecule has 1 atom stereocenters. The van der Waals surface area contributed by atoms with E-state index in [4.69, 9.17) is 10.5 Å². The van der Waals surface area contributed by atoms with Gasteiger partial charge in [0.1, 0.15) is 5.75 Å². The number of hydrogen-bond donors (Lipinski definition) is 2. The van der Waals surface area contributed by atoms with Gasteiger partial charge in [0.15, 0.2) is 0 Å². The van der Waals surface area contributed by atoms with Gasteiger partial charge in [-0.3, -0.25) is 0 Å². The van der Waals surface area contributed by atoms with Crippen molar-refractivity contribution in [3.8, 4) is 17.0 Å². The first-order valence-electron chi connectivity index (χ1n) is 9.67. The number of rotatable bonds is 8. The van der Waals surface area contributed by atoms with E-state index in [0.717, 1.165) is 38.0 Å². The predicted octanol–water partition coefficient (Wildman–Crippen LogP) is 5.64. The third-order valence-corrected chi connectivity index (χ3v) is 5.38. The lowest BCUT2D eigenvalue weighted by Crippen LogP contribution is -1.99. The van der Waals surface area contributed by atoms with Gasteiger partial charge in [-0.1, -0.05) is 32.0 Å². The van der Waals surface area contributed by atoms with Crippen LogP contribution < -0.4 is 10.5 Å². The van der Waals surface area contributed by atoms with Gasteiger partial charge in [0.2, 0.25) is 0 Å². The molecular formula is C23H30N2O. The number of methoxy groups -OCH3 is 1. The first-order valence-corrected chi connectivity index (χ1v) is 9.67. The summed E-state index contributed by atoms with van der Waals surface area (Å²) in [6, 6.07) is 15.0. The van der Waals surface area contributed by atoms with Crippen LogP contribution in [0, 0.1) is 0 Å². The molecule has 3 aromatic rings. The van der Waals surface area contributed by atoms with Crippen molar-refractivity contribution < 1.29 is 4.74 Å². The van der Waals surface area contributed by atoms with Crippen LogP contribution >= 0.6 is 0 Å². The number of nitrogens with two attached hydrogens (primary N) is 1. The number of benzene rings is 2. The van der Waals surface area contributed by atoms with Crippen LogP contribution in [0.2, 0.25) is 0 Å². The van der Waals surface area contributed by atoms with Crippen molar-refractivity contribution in [2.24, 2.45) is 5.73 Å². The van der Waals surface area contributed by atoms with Crippen molar-refractivity contribution in [2.45, 2.75) is 45.4 Å². The molecule has 0 saturated heterocycles. The summed E-state index contributed by atoms with van der Waals surface area (Å²) in [6.45, 7) is 5.30. The molecule has 1 aromatic heterocycles. The average molecular weight is 351 g/mol. The second-order valence-corrected chi connectivity index (χ2v) is 7.03. The van der Waals surface area contributed by atoms with Crippen LogP contribution in [0.5, 0.6) is 5.75 Å². The summed E-state index contributed by atoms with van der Waals surface area (Å²) in [5.74, 6) is 1.42. The Bertz CT molecular complexity index is 849. The predicted molar refractivity (Wildman–Crippen MR) is 111 cm³/mol. The second kappa shape index (κ2) is 8.41. The molecule has 3 nitrogen and oxygen atoms in total. The molecule has 0 aliphatic rings. The van der Waals surface area contributed by atoms with Gasteiger partial charge < -0.3 is 15.5 Å². The molecule has 0 radical (unpaired) electrons. The van der Waals surface area contributed by atoms with Gasteiger partial charge in [0.05, 0.1) is 7.11 Å². The summed E-state index contributed by atoms with van der Waals surface area (Å²) in [5.41, 5.74) is 12.3. The van der Waals surface area contributed by atoms with E-state index < -0.39 is 0 Å². The molecule has 26 heavy (non-hydrogen) atoms. The Morgan fingerprint density at radius 2 is 1.85 bits per heavy atom. The number of H-pyrrole nitrogens is 1. The summed E-state index contributed by atoms with van der Waals surface area (Å²) in [7, 11) is 1.70. The van der Waals surface area contributed by atoms with E-state index in [9.17, 15) is 0 Å². The minimum absolute atomic E-state index is 0.540. The minimum Gasteiger partial charge on any atom is -0.497 e. The highest BCUT2D eigenvalue weighted by Crippen LogP contribution is 2.36. The van der Waals surface area contributed by atoms with Crippen LogP contribution in [0.3, 0.4) is 0 Å². The number of aromatic nitrogens is 1. The van der Waals surface area contributed by atoms with E-state index in [1.54, 1.807) is 7.11 Å². The van der Waals surface area contributed by atoms with Crippen LogP contribution in [0.4, 0.5) is 0 Å². The van der Waals surface area contributed by atoms with Crippen molar-refractivity contribution in [1.82, 2.24) is 4.98 Å². The van der Waals surface area contributed by atoms with E-state index in [2.05, 4.69) is 49.2 Å². The fourth-order valence-electron chi connectivity index (χ4n) is 3.64. The third kappa shape index (κ3) is 3.63. The van der Waals surface area contributed by atoms with Gasteiger partial charge in [-0.15, -0.1) is 0 Å². The normalized spacial score (nSPS) is 12.5. The lowest BCUT2D eigenvalue weighted by Gasteiger charge is -2.10. The van der Waals surface area contributed by atoms with Crippen molar-refractivity contribution in [3.05, 3.63) is 53.6 Å². The molecule has 0 amide bonds. The van der Waals surface area contributed by atoms with Crippen molar-refractivity contribution in [1.29, 1.82) is 0 Å². The highest BCUT2D eigenvalue weighted by Gasteiger charge is 2.17.